The summed E-state index contributed by atoms with van der Waals surface area (Å²) in [5.41, 5.74) is 0.390. The number of aromatic hydroxyl groups is 1. The summed E-state index contributed by atoms with van der Waals surface area (Å²) in [6.07, 6.45) is 2.20. The zero-order chi connectivity index (χ0) is 12.4. The molecule has 1 unspecified atom stereocenters. The van der Waals surface area contributed by atoms with E-state index >= 15 is 0 Å². The third-order valence-electron chi connectivity index (χ3n) is 3.12. The lowest BCUT2D eigenvalue weighted by molar-refractivity contribution is 0.0683. The highest BCUT2D eigenvalue weighted by Gasteiger charge is 2.23. The summed E-state index contributed by atoms with van der Waals surface area (Å²) < 4.78 is 0. The Balaban J connectivity index is 2.21. The van der Waals surface area contributed by atoms with Crippen LogP contribution in [0.15, 0.2) is 18.2 Å². The highest BCUT2D eigenvalue weighted by Crippen LogP contribution is 2.25. The first kappa shape index (κ1) is 12.2. The van der Waals surface area contributed by atoms with Crippen molar-refractivity contribution in [2.75, 3.05) is 13.1 Å². The first-order chi connectivity index (χ1) is 8.08. The van der Waals surface area contributed by atoms with E-state index in [1.54, 1.807) is 6.07 Å². The molecule has 92 valence electrons. The minimum atomic E-state index is -0.0857. The highest BCUT2D eigenvalue weighted by molar-refractivity contribution is 6.33. The second-order valence-electron chi connectivity index (χ2n) is 4.66. The van der Waals surface area contributed by atoms with Crippen molar-refractivity contribution in [3.05, 3.63) is 28.8 Å². The molecule has 2 rings (SSSR count). The zero-order valence-electron chi connectivity index (χ0n) is 9.82. The van der Waals surface area contributed by atoms with Crippen LogP contribution in [-0.4, -0.2) is 29.0 Å². The predicted octanol–water partition coefficient (Wildman–Crippen LogP) is 2.92. The SMILES string of the molecule is CC1CCCN(C(=O)c2cc(O)ccc2Cl)C1. The van der Waals surface area contributed by atoms with E-state index in [1.807, 2.05) is 4.90 Å². The van der Waals surface area contributed by atoms with Gasteiger partial charge in [0.05, 0.1) is 10.6 Å². The maximum Gasteiger partial charge on any atom is 0.255 e. The summed E-state index contributed by atoms with van der Waals surface area (Å²) in [6, 6.07) is 4.47. The number of phenols is 1. The second kappa shape index (κ2) is 4.96. The molecule has 1 saturated heterocycles. The van der Waals surface area contributed by atoms with Gasteiger partial charge < -0.3 is 10.0 Å². The van der Waals surface area contributed by atoms with Gasteiger partial charge in [0.2, 0.25) is 0 Å². The van der Waals surface area contributed by atoms with E-state index in [0.29, 0.717) is 16.5 Å². The number of amides is 1. The molecule has 0 bridgehead atoms. The molecule has 1 aliphatic rings. The van der Waals surface area contributed by atoms with E-state index in [1.165, 1.54) is 12.1 Å². The Morgan fingerprint density at radius 3 is 3.00 bits per heavy atom. The molecule has 1 aromatic carbocycles. The third kappa shape index (κ3) is 2.72. The van der Waals surface area contributed by atoms with Gasteiger partial charge in [0.25, 0.3) is 5.91 Å². The second-order valence-corrected chi connectivity index (χ2v) is 5.07. The summed E-state index contributed by atoms with van der Waals surface area (Å²) in [6.45, 7) is 3.68. The van der Waals surface area contributed by atoms with E-state index in [-0.39, 0.29) is 11.7 Å². The van der Waals surface area contributed by atoms with Crippen LogP contribution in [0, 0.1) is 5.92 Å². The molecular formula is C13H16ClNO2. The number of carbonyl (C=O) groups is 1. The van der Waals surface area contributed by atoms with Crippen LogP contribution in [0.5, 0.6) is 5.75 Å². The fourth-order valence-corrected chi connectivity index (χ4v) is 2.42. The Labute approximate surface area is 106 Å². The highest BCUT2D eigenvalue weighted by atomic mass is 35.5. The molecule has 1 N–H and O–H groups in total. The van der Waals surface area contributed by atoms with Gasteiger partial charge in [-0.05, 0) is 37.0 Å². The first-order valence-corrected chi connectivity index (χ1v) is 6.23. The van der Waals surface area contributed by atoms with Crippen LogP contribution in [0.4, 0.5) is 0 Å². The van der Waals surface area contributed by atoms with Crippen LogP contribution in [0.25, 0.3) is 0 Å². The summed E-state index contributed by atoms with van der Waals surface area (Å²) in [4.78, 5) is 14.1. The van der Waals surface area contributed by atoms with Crippen molar-refractivity contribution in [2.24, 2.45) is 5.92 Å². The smallest absolute Gasteiger partial charge is 0.255 e. The lowest BCUT2D eigenvalue weighted by atomic mass is 9.99. The fourth-order valence-electron chi connectivity index (χ4n) is 2.22. The van der Waals surface area contributed by atoms with Gasteiger partial charge >= 0.3 is 0 Å². The van der Waals surface area contributed by atoms with E-state index in [0.717, 1.165) is 25.9 Å². The van der Waals surface area contributed by atoms with Crippen LogP contribution in [0.2, 0.25) is 5.02 Å². The number of phenolic OH excluding ortho intramolecular Hbond substituents is 1. The van der Waals surface area contributed by atoms with E-state index in [2.05, 4.69) is 6.92 Å². The number of carbonyl (C=O) groups excluding carboxylic acids is 1. The summed E-state index contributed by atoms with van der Waals surface area (Å²) in [5.74, 6) is 0.518. The molecule has 0 aromatic heterocycles. The molecule has 0 aliphatic carbocycles. The van der Waals surface area contributed by atoms with Crippen LogP contribution in [0.3, 0.4) is 0 Å². The van der Waals surface area contributed by atoms with Gasteiger partial charge in [0, 0.05) is 13.1 Å². The van der Waals surface area contributed by atoms with Gasteiger partial charge in [-0.2, -0.15) is 0 Å². The van der Waals surface area contributed by atoms with Gasteiger partial charge in [-0.15, -0.1) is 0 Å². The van der Waals surface area contributed by atoms with Crippen molar-refractivity contribution >= 4 is 17.5 Å². The number of rotatable bonds is 1. The van der Waals surface area contributed by atoms with Crippen LogP contribution in [0.1, 0.15) is 30.1 Å². The summed E-state index contributed by atoms with van der Waals surface area (Å²) in [7, 11) is 0. The van der Waals surface area contributed by atoms with Crippen molar-refractivity contribution in [3.63, 3.8) is 0 Å². The topological polar surface area (TPSA) is 40.5 Å². The predicted molar refractivity (Wildman–Crippen MR) is 67.4 cm³/mol. The molecule has 1 aromatic rings. The van der Waals surface area contributed by atoms with Gasteiger partial charge in [-0.25, -0.2) is 0 Å². The molecule has 1 fully saturated rings. The number of benzene rings is 1. The van der Waals surface area contributed by atoms with Crippen molar-refractivity contribution in [1.29, 1.82) is 0 Å². The minimum Gasteiger partial charge on any atom is -0.508 e. The number of nitrogens with zero attached hydrogens (tertiary/aromatic N) is 1. The first-order valence-electron chi connectivity index (χ1n) is 5.85. The van der Waals surface area contributed by atoms with Crippen molar-refractivity contribution in [2.45, 2.75) is 19.8 Å². The Bertz CT molecular complexity index is 433. The lowest BCUT2D eigenvalue weighted by Gasteiger charge is -2.31. The Kier molecular flexibility index (Phi) is 3.57. The number of halogens is 1. The summed E-state index contributed by atoms with van der Waals surface area (Å²) >= 11 is 5.99. The van der Waals surface area contributed by atoms with Crippen LogP contribution >= 0.6 is 11.6 Å². The van der Waals surface area contributed by atoms with Crippen LogP contribution in [-0.2, 0) is 0 Å². The van der Waals surface area contributed by atoms with Crippen molar-refractivity contribution in [3.8, 4) is 5.75 Å². The molecule has 0 radical (unpaired) electrons. The molecule has 1 aliphatic heterocycles. The van der Waals surface area contributed by atoms with Gasteiger partial charge in [0.1, 0.15) is 5.75 Å². The van der Waals surface area contributed by atoms with E-state index in [9.17, 15) is 9.90 Å². The molecule has 3 nitrogen and oxygen atoms in total. The van der Waals surface area contributed by atoms with Gasteiger partial charge in [-0.1, -0.05) is 18.5 Å². The average Bonchev–Trinajstić information content (AvgIpc) is 2.31. The zero-order valence-corrected chi connectivity index (χ0v) is 10.6. The lowest BCUT2D eigenvalue weighted by Crippen LogP contribution is -2.39. The Morgan fingerprint density at radius 1 is 1.53 bits per heavy atom. The van der Waals surface area contributed by atoms with Crippen molar-refractivity contribution < 1.29 is 9.90 Å². The summed E-state index contributed by atoms with van der Waals surface area (Å²) in [5, 5.41) is 9.80. The Hall–Kier alpha value is -1.22. The largest absolute Gasteiger partial charge is 0.508 e. The molecule has 1 amide bonds. The average molecular weight is 254 g/mol. The molecule has 0 spiro atoms. The molecule has 0 saturated carbocycles. The minimum absolute atomic E-state index is 0.0720. The molecule has 4 heteroatoms. The molecule has 1 heterocycles. The fraction of sp³-hybridized carbons (Fsp3) is 0.462. The molecule has 17 heavy (non-hydrogen) atoms. The maximum absolute atomic E-state index is 12.2. The van der Waals surface area contributed by atoms with Gasteiger partial charge in [0.15, 0.2) is 0 Å². The number of hydrogen-bond donors (Lipinski definition) is 1. The van der Waals surface area contributed by atoms with Crippen molar-refractivity contribution in [1.82, 2.24) is 4.90 Å². The number of piperidine rings is 1. The molecule has 1 atom stereocenters. The molecular weight excluding hydrogens is 238 g/mol. The monoisotopic (exact) mass is 253 g/mol. The van der Waals surface area contributed by atoms with Crippen LogP contribution < -0.4 is 0 Å². The van der Waals surface area contributed by atoms with E-state index in [4.69, 9.17) is 11.6 Å². The normalized spacial score (nSPS) is 20.4. The number of hydrogen-bond acceptors (Lipinski definition) is 2. The number of likely N-dealkylation sites (tertiary alicyclic amines) is 1. The maximum atomic E-state index is 12.2. The van der Waals surface area contributed by atoms with E-state index < -0.39 is 0 Å². The van der Waals surface area contributed by atoms with Gasteiger partial charge in [-0.3, -0.25) is 4.79 Å². The Morgan fingerprint density at radius 2 is 2.29 bits per heavy atom. The quantitative estimate of drug-likeness (QED) is 0.836. The standard InChI is InChI=1S/C13H16ClNO2/c1-9-3-2-6-15(8-9)13(17)11-7-10(16)4-5-12(11)14/h4-5,7,9,16H,2-3,6,8H2,1H3. The third-order valence-corrected chi connectivity index (χ3v) is 3.45.